The van der Waals surface area contributed by atoms with E-state index in [0.29, 0.717) is 10.8 Å². The van der Waals surface area contributed by atoms with Crippen molar-refractivity contribution in [3.8, 4) is 11.3 Å². The lowest BCUT2D eigenvalue weighted by atomic mass is 10.1. The smallest absolute Gasteiger partial charge is 0.183 e. The largest absolute Gasteiger partial charge is 0.362 e. The van der Waals surface area contributed by atoms with Gasteiger partial charge in [-0.25, -0.2) is 13.8 Å². The molecule has 5 heteroatoms. The van der Waals surface area contributed by atoms with Gasteiger partial charge in [0.05, 0.1) is 11.3 Å². The molecule has 2 aromatic rings. The maximum atomic E-state index is 13.5. The number of rotatable bonds is 4. The minimum atomic E-state index is -0.586. The lowest BCUT2D eigenvalue weighted by molar-refractivity contribution is 0.589. The molecule has 0 saturated heterocycles. The number of aromatic nitrogens is 1. The SMILES string of the molecule is CCCNc1nc(-c2c(F)cccc2F)cs1. The van der Waals surface area contributed by atoms with Gasteiger partial charge >= 0.3 is 0 Å². The summed E-state index contributed by atoms with van der Waals surface area (Å²) in [6.45, 7) is 2.84. The van der Waals surface area contributed by atoms with Gasteiger partial charge in [0.2, 0.25) is 0 Å². The highest BCUT2D eigenvalue weighted by atomic mass is 32.1. The summed E-state index contributed by atoms with van der Waals surface area (Å²) in [6.07, 6.45) is 0.975. The van der Waals surface area contributed by atoms with E-state index >= 15 is 0 Å². The van der Waals surface area contributed by atoms with Gasteiger partial charge in [-0.3, -0.25) is 0 Å². The molecule has 0 radical (unpaired) electrons. The van der Waals surface area contributed by atoms with Crippen LogP contribution in [0.3, 0.4) is 0 Å². The van der Waals surface area contributed by atoms with Gasteiger partial charge in [0.25, 0.3) is 0 Å². The topological polar surface area (TPSA) is 24.9 Å². The fourth-order valence-corrected chi connectivity index (χ4v) is 2.17. The zero-order valence-electron chi connectivity index (χ0n) is 9.34. The molecule has 2 nitrogen and oxygen atoms in total. The van der Waals surface area contributed by atoms with E-state index in [1.165, 1.54) is 29.5 Å². The Labute approximate surface area is 102 Å². The minimum absolute atomic E-state index is 0.0618. The Morgan fingerprint density at radius 1 is 1.29 bits per heavy atom. The number of nitrogens with zero attached hydrogens (tertiary/aromatic N) is 1. The molecular weight excluding hydrogens is 242 g/mol. The quantitative estimate of drug-likeness (QED) is 0.894. The number of nitrogens with one attached hydrogen (secondary N) is 1. The van der Waals surface area contributed by atoms with Gasteiger partial charge in [-0.15, -0.1) is 11.3 Å². The summed E-state index contributed by atoms with van der Waals surface area (Å²) in [6, 6.07) is 3.81. The molecule has 1 N–H and O–H groups in total. The summed E-state index contributed by atoms with van der Waals surface area (Å²) in [5.41, 5.74) is 0.275. The Morgan fingerprint density at radius 2 is 2.00 bits per heavy atom. The standard InChI is InChI=1S/C12H12F2N2S/c1-2-6-15-12-16-10(7-17-12)11-8(13)4-3-5-9(11)14/h3-5,7H,2,6H2,1H3,(H,15,16). The first-order chi connectivity index (χ1) is 8.22. The van der Waals surface area contributed by atoms with Crippen molar-refractivity contribution in [3.05, 3.63) is 35.2 Å². The van der Waals surface area contributed by atoms with E-state index in [9.17, 15) is 8.78 Å². The molecule has 0 atom stereocenters. The van der Waals surface area contributed by atoms with Crippen LogP contribution in [0.25, 0.3) is 11.3 Å². The van der Waals surface area contributed by atoms with E-state index in [1.54, 1.807) is 5.38 Å². The summed E-state index contributed by atoms with van der Waals surface area (Å²) in [7, 11) is 0. The summed E-state index contributed by atoms with van der Waals surface area (Å²) in [5.74, 6) is -1.17. The summed E-state index contributed by atoms with van der Waals surface area (Å²) < 4.78 is 27.0. The van der Waals surface area contributed by atoms with Crippen LogP contribution in [-0.2, 0) is 0 Å². The molecule has 0 fully saturated rings. The van der Waals surface area contributed by atoms with E-state index in [-0.39, 0.29) is 5.56 Å². The van der Waals surface area contributed by atoms with Crippen LogP contribution < -0.4 is 5.32 Å². The van der Waals surface area contributed by atoms with Crippen molar-refractivity contribution in [2.75, 3.05) is 11.9 Å². The molecule has 0 amide bonds. The van der Waals surface area contributed by atoms with Crippen LogP contribution in [0, 0.1) is 11.6 Å². The zero-order chi connectivity index (χ0) is 12.3. The average molecular weight is 254 g/mol. The number of thiazole rings is 1. The van der Waals surface area contributed by atoms with Gasteiger partial charge in [0.1, 0.15) is 11.6 Å². The number of benzene rings is 1. The molecule has 0 aliphatic rings. The van der Waals surface area contributed by atoms with Gasteiger partial charge in [-0.1, -0.05) is 13.0 Å². The number of anilines is 1. The van der Waals surface area contributed by atoms with Crippen LogP contribution in [0.15, 0.2) is 23.6 Å². The molecule has 0 unspecified atom stereocenters. The van der Waals surface area contributed by atoms with Crippen molar-refractivity contribution in [1.29, 1.82) is 0 Å². The normalized spacial score (nSPS) is 10.5. The van der Waals surface area contributed by atoms with E-state index in [4.69, 9.17) is 0 Å². The first-order valence-corrected chi connectivity index (χ1v) is 6.24. The zero-order valence-corrected chi connectivity index (χ0v) is 10.2. The molecule has 1 aromatic heterocycles. The van der Waals surface area contributed by atoms with Crippen molar-refractivity contribution in [3.63, 3.8) is 0 Å². The molecule has 0 aliphatic carbocycles. The van der Waals surface area contributed by atoms with Crippen molar-refractivity contribution < 1.29 is 8.78 Å². The van der Waals surface area contributed by atoms with E-state index < -0.39 is 11.6 Å². The molecule has 90 valence electrons. The monoisotopic (exact) mass is 254 g/mol. The molecule has 0 spiro atoms. The molecular formula is C12H12F2N2S. The predicted molar refractivity (Wildman–Crippen MR) is 66.2 cm³/mol. The maximum absolute atomic E-state index is 13.5. The molecule has 1 heterocycles. The molecule has 0 saturated carbocycles. The fraction of sp³-hybridized carbons (Fsp3) is 0.250. The van der Waals surface area contributed by atoms with Crippen LogP contribution in [-0.4, -0.2) is 11.5 Å². The Balaban J connectivity index is 2.30. The third-order valence-electron chi connectivity index (χ3n) is 2.25. The van der Waals surface area contributed by atoms with E-state index in [2.05, 4.69) is 10.3 Å². The van der Waals surface area contributed by atoms with Crippen molar-refractivity contribution in [2.24, 2.45) is 0 Å². The van der Waals surface area contributed by atoms with Crippen LogP contribution in [0.4, 0.5) is 13.9 Å². The minimum Gasteiger partial charge on any atom is -0.362 e. The van der Waals surface area contributed by atoms with Gasteiger partial charge in [-0.05, 0) is 18.6 Å². The molecule has 0 aliphatic heterocycles. The first kappa shape index (κ1) is 12.0. The second-order valence-corrected chi connectivity index (χ2v) is 4.42. The second-order valence-electron chi connectivity index (χ2n) is 3.56. The van der Waals surface area contributed by atoms with Crippen molar-refractivity contribution >= 4 is 16.5 Å². The second kappa shape index (κ2) is 5.23. The lowest BCUT2D eigenvalue weighted by Gasteiger charge is -2.01. The third kappa shape index (κ3) is 2.61. The molecule has 17 heavy (non-hydrogen) atoms. The average Bonchev–Trinajstić information content (AvgIpc) is 2.75. The summed E-state index contributed by atoms with van der Waals surface area (Å²) >= 11 is 1.35. The van der Waals surface area contributed by atoms with Crippen LogP contribution >= 0.6 is 11.3 Å². The third-order valence-corrected chi connectivity index (χ3v) is 3.05. The Kier molecular flexibility index (Phi) is 3.68. The van der Waals surface area contributed by atoms with Gasteiger partial charge in [0, 0.05) is 11.9 Å². The van der Waals surface area contributed by atoms with E-state index in [0.717, 1.165) is 13.0 Å². The number of halogens is 2. The van der Waals surface area contributed by atoms with Crippen molar-refractivity contribution in [2.45, 2.75) is 13.3 Å². The predicted octanol–water partition coefficient (Wildman–Crippen LogP) is 3.91. The number of hydrogen-bond acceptors (Lipinski definition) is 3. The molecule has 2 rings (SSSR count). The van der Waals surface area contributed by atoms with Gasteiger partial charge in [-0.2, -0.15) is 0 Å². The Hall–Kier alpha value is -1.49. The molecule has 1 aromatic carbocycles. The first-order valence-electron chi connectivity index (χ1n) is 5.36. The summed E-state index contributed by atoms with van der Waals surface area (Å²) in [5, 5.41) is 5.42. The van der Waals surface area contributed by atoms with Crippen LogP contribution in [0.5, 0.6) is 0 Å². The molecule has 0 bridgehead atoms. The van der Waals surface area contributed by atoms with Gasteiger partial charge < -0.3 is 5.32 Å². The number of hydrogen-bond donors (Lipinski definition) is 1. The Bertz CT molecular complexity index is 491. The fourth-order valence-electron chi connectivity index (χ4n) is 1.44. The van der Waals surface area contributed by atoms with Crippen molar-refractivity contribution in [1.82, 2.24) is 4.98 Å². The Morgan fingerprint density at radius 3 is 2.65 bits per heavy atom. The summed E-state index contributed by atoms with van der Waals surface area (Å²) in [4.78, 5) is 4.17. The highest BCUT2D eigenvalue weighted by molar-refractivity contribution is 7.14. The highest BCUT2D eigenvalue weighted by Gasteiger charge is 2.13. The van der Waals surface area contributed by atoms with Crippen LogP contribution in [0.1, 0.15) is 13.3 Å². The van der Waals surface area contributed by atoms with E-state index in [1.807, 2.05) is 6.92 Å². The lowest BCUT2D eigenvalue weighted by Crippen LogP contribution is -1.99. The highest BCUT2D eigenvalue weighted by Crippen LogP contribution is 2.28. The van der Waals surface area contributed by atoms with Crippen LogP contribution in [0.2, 0.25) is 0 Å². The van der Waals surface area contributed by atoms with Gasteiger partial charge in [0.15, 0.2) is 5.13 Å². The maximum Gasteiger partial charge on any atom is 0.183 e.